The van der Waals surface area contributed by atoms with Gasteiger partial charge >= 0.3 is 0 Å². The van der Waals surface area contributed by atoms with Gasteiger partial charge in [-0.05, 0) is 56.4 Å². The van der Waals surface area contributed by atoms with Crippen LogP contribution in [0.1, 0.15) is 44.1 Å². The molecule has 0 spiro atoms. The largest absolute Gasteiger partial charge is 0.379 e. The third kappa shape index (κ3) is 8.27. The number of amides is 1. The molecule has 1 aliphatic heterocycles. The number of unbranched alkanes of at least 4 members (excludes halogenated alkanes) is 1. The molecule has 0 atom stereocenters. The molecule has 0 bridgehead atoms. The van der Waals surface area contributed by atoms with Crippen molar-refractivity contribution in [1.82, 2.24) is 19.5 Å². The molecule has 2 aliphatic rings. The molecule has 1 aliphatic carbocycles. The Balaban J connectivity index is 1.35. The van der Waals surface area contributed by atoms with Crippen molar-refractivity contribution in [2.45, 2.75) is 44.6 Å². The molecule has 2 heterocycles. The predicted molar refractivity (Wildman–Crippen MR) is 126 cm³/mol. The van der Waals surface area contributed by atoms with Crippen molar-refractivity contribution in [3.05, 3.63) is 36.2 Å². The van der Waals surface area contributed by atoms with E-state index in [1.807, 2.05) is 12.1 Å². The van der Waals surface area contributed by atoms with Crippen LogP contribution in [0.15, 0.2) is 30.6 Å². The number of aromatic nitrogens is 1. The average molecular weight is 465 g/mol. The van der Waals surface area contributed by atoms with Gasteiger partial charge in [-0.3, -0.25) is 14.7 Å². The monoisotopic (exact) mass is 464 g/mol. The highest BCUT2D eigenvalue weighted by atomic mass is 32.2. The van der Waals surface area contributed by atoms with Crippen molar-refractivity contribution >= 4 is 22.0 Å². The lowest BCUT2D eigenvalue weighted by molar-refractivity contribution is -0.116. The number of carbonyl (C=O) groups is 1. The fraction of sp³-hybridized carbons (Fsp3) is 0.652. The Labute approximate surface area is 192 Å². The highest BCUT2D eigenvalue weighted by molar-refractivity contribution is 7.89. The van der Waals surface area contributed by atoms with Crippen LogP contribution < -0.4 is 5.32 Å². The summed E-state index contributed by atoms with van der Waals surface area (Å²) in [5.74, 6) is -0.0430. The minimum atomic E-state index is -3.28. The first-order valence-corrected chi connectivity index (χ1v) is 13.3. The van der Waals surface area contributed by atoms with Gasteiger partial charge in [0.25, 0.3) is 0 Å². The van der Waals surface area contributed by atoms with Crippen molar-refractivity contribution in [2.75, 3.05) is 51.7 Å². The van der Waals surface area contributed by atoms with Gasteiger partial charge in [-0.25, -0.2) is 8.42 Å². The lowest BCUT2D eigenvalue weighted by Gasteiger charge is -2.37. The Morgan fingerprint density at radius 3 is 2.75 bits per heavy atom. The predicted octanol–water partition coefficient (Wildman–Crippen LogP) is 1.90. The molecule has 0 radical (unpaired) electrons. The summed E-state index contributed by atoms with van der Waals surface area (Å²) in [4.78, 5) is 18.3. The molecule has 1 saturated carbocycles. The molecule has 1 aromatic rings. The van der Waals surface area contributed by atoms with Crippen LogP contribution in [0.4, 0.5) is 0 Å². The summed E-state index contributed by atoms with van der Waals surface area (Å²) in [6.07, 6.45) is 11.6. The van der Waals surface area contributed by atoms with E-state index in [1.165, 1.54) is 6.08 Å². The Kier molecular flexibility index (Phi) is 10.1. The second kappa shape index (κ2) is 13.0. The molecule has 1 saturated heterocycles. The van der Waals surface area contributed by atoms with Crippen LogP contribution >= 0.6 is 0 Å². The maximum absolute atomic E-state index is 13.0. The van der Waals surface area contributed by atoms with Crippen LogP contribution in [-0.4, -0.2) is 86.2 Å². The molecule has 32 heavy (non-hydrogen) atoms. The van der Waals surface area contributed by atoms with E-state index in [4.69, 9.17) is 4.74 Å². The van der Waals surface area contributed by atoms with E-state index in [1.54, 1.807) is 22.8 Å². The topological polar surface area (TPSA) is 91.8 Å². The number of sulfonamides is 1. The average Bonchev–Trinajstić information content (AvgIpc) is 2.77. The first-order valence-electron chi connectivity index (χ1n) is 11.7. The first-order chi connectivity index (χ1) is 15.5. The van der Waals surface area contributed by atoms with E-state index in [9.17, 15) is 13.2 Å². The molecular weight excluding hydrogens is 428 g/mol. The number of rotatable bonds is 13. The SMILES string of the molecule is O=C(/C=C/c1cccnc1)NCCCCS(=O)(=O)N(CCCN1CCOCC1)C1CCC1. The number of hydrogen-bond donors (Lipinski definition) is 1. The molecule has 1 N–H and O–H groups in total. The minimum absolute atomic E-state index is 0.141. The highest BCUT2D eigenvalue weighted by Gasteiger charge is 2.33. The van der Waals surface area contributed by atoms with Crippen LogP contribution in [-0.2, 0) is 19.6 Å². The molecule has 3 rings (SSSR count). The van der Waals surface area contributed by atoms with E-state index in [0.29, 0.717) is 25.9 Å². The zero-order valence-corrected chi connectivity index (χ0v) is 19.6. The molecule has 2 fully saturated rings. The third-order valence-corrected chi connectivity index (χ3v) is 8.04. The number of nitrogens with one attached hydrogen (secondary N) is 1. The van der Waals surface area contributed by atoms with Crippen molar-refractivity contribution in [3.8, 4) is 0 Å². The number of hydrogen-bond acceptors (Lipinski definition) is 6. The molecule has 8 nitrogen and oxygen atoms in total. The summed E-state index contributed by atoms with van der Waals surface area (Å²) in [7, 11) is -3.28. The minimum Gasteiger partial charge on any atom is -0.379 e. The van der Waals surface area contributed by atoms with Crippen LogP contribution in [0.25, 0.3) is 6.08 Å². The molecule has 178 valence electrons. The third-order valence-electron chi connectivity index (χ3n) is 6.04. The fourth-order valence-electron chi connectivity index (χ4n) is 3.94. The van der Waals surface area contributed by atoms with Crippen LogP contribution in [0.5, 0.6) is 0 Å². The maximum Gasteiger partial charge on any atom is 0.243 e. The summed E-state index contributed by atoms with van der Waals surface area (Å²) >= 11 is 0. The van der Waals surface area contributed by atoms with Crippen molar-refractivity contribution in [3.63, 3.8) is 0 Å². The normalized spacial score (nSPS) is 18.2. The van der Waals surface area contributed by atoms with Gasteiger partial charge < -0.3 is 10.1 Å². The molecule has 0 aromatic carbocycles. The summed E-state index contributed by atoms with van der Waals surface area (Å²) in [6, 6.07) is 3.85. The van der Waals surface area contributed by atoms with Crippen molar-refractivity contribution in [1.29, 1.82) is 0 Å². The number of carbonyl (C=O) groups excluding carboxylic acids is 1. The van der Waals surface area contributed by atoms with E-state index in [0.717, 1.165) is 64.1 Å². The van der Waals surface area contributed by atoms with E-state index < -0.39 is 10.0 Å². The lowest BCUT2D eigenvalue weighted by Crippen LogP contribution is -2.46. The van der Waals surface area contributed by atoms with Crippen LogP contribution in [0, 0.1) is 0 Å². The molecule has 1 amide bonds. The van der Waals surface area contributed by atoms with Gasteiger partial charge in [0.15, 0.2) is 0 Å². The molecule has 9 heteroatoms. The summed E-state index contributed by atoms with van der Waals surface area (Å²) in [6.45, 7) is 5.37. The molecule has 1 aromatic heterocycles. The lowest BCUT2D eigenvalue weighted by atomic mass is 9.93. The number of pyridine rings is 1. The Hall–Kier alpha value is -1.81. The number of morpholine rings is 1. The second-order valence-corrected chi connectivity index (χ2v) is 10.5. The summed E-state index contributed by atoms with van der Waals surface area (Å²) < 4.78 is 33.1. The first kappa shape index (κ1) is 24.8. The quantitative estimate of drug-likeness (QED) is 0.354. The Bertz CT molecular complexity index is 822. The van der Waals surface area contributed by atoms with Gasteiger partial charge in [-0.1, -0.05) is 12.5 Å². The van der Waals surface area contributed by atoms with Gasteiger partial charge in [-0.15, -0.1) is 0 Å². The molecular formula is C23H36N4O4S. The van der Waals surface area contributed by atoms with Crippen LogP contribution in [0.3, 0.4) is 0 Å². The van der Waals surface area contributed by atoms with Gasteiger partial charge in [0, 0.05) is 50.7 Å². The van der Waals surface area contributed by atoms with E-state index in [2.05, 4.69) is 15.2 Å². The second-order valence-electron chi connectivity index (χ2n) is 8.44. The Morgan fingerprint density at radius 2 is 2.06 bits per heavy atom. The van der Waals surface area contributed by atoms with Gasteiger partial charge in [-0.2, -0.15) is 4.31 Å². The van der Waals surface area contributed by atoms with Gasteiger partial charge in [0.1, 0.15) is 0 Å². The van der Waals surface area contributed by atoms with E-state index >= 15 is 0 Å². The Morgan fingerprint density at radius 1 is 1.25 bits per heavy atom. The molecule has 0 unspecified atom stereocenters. The fourth-order valence-corrected chi connectivity index (χ4v) is 5.82. The standard InChI is InChI=1S/C23H36N4O4S/c28-23(10-9-21-6-4-11-24-20-21)25-12-1-2-19-32(29,30)27(22-7-3-8-22)14-5-13-26-15-17-31-18-16-26/h4,6,9-11,20,22H,1-3,5,7-8,12-19H2,(H,25,28)/b10-9+. The van der Waals surface area contributed by atoms with Crippen molar-refractivity contribution in [2.24, 2.45) is 0 Å². The van der Waals surface area contributed by atoms with Gasteiger partial charge in [0.2, 0.25) is 15.9 Å². The van der Waals surface area contributed by atoms with E-state index in [-0.39, 0.29) is 17.7 Å². The smallest absolute Gasteiger partial charge is 0.243 e. The maximum atomic E-state index is 13.0. The van der Waals surface area contributed by atoms with Crippen LogP contribution in [0.2, 0.25) is 0 Å². The summed E-state index contributed by atoms with van der Waals surface area (Å²) in [5.41, 5.74) is 0.860. The summed E-state index contributed by atoms with van der Waals surface area (Å²) in [5, 5.41) is 2.81. The number of nitrogens with zero attached hydrogens (tertiary/aromatic N) is 3. The zero-order valence-electron chi connectivity index (χ0n) is 18.8. The highest BCUT2D eigenvalue weighted by Crippen LogP contribution is 2.27. The van der Waals surface area contributed by atoms with Crippen molar-refractivity contribution < 1.29 is 17.9 Å². The van der Waals surface area contributed by atoms with Gasteiger partial charge in [0.05, 0.1) is 19.0 Å². The number of ether oxygens (including phenoxy) is 1. The zero-order chi connectivity index (χ0) is 22.7.